The summed E-state index contributed by atoms with van der Waals surface area (Å²) in [5.74, 6) is 0.923. The van der Waals surface area contributed by atoms with Crippen LogP contribution in [0.3, 0.4) is 0 Å². The van der Waals surface area contributed by atoms with Crippen molar-refractivity contribution in [1.82, 2.24) is 0 Å². The third kappa shape index (κ3) is 3.15. The smallest absolute Gasteiger partial charge is 0.348 e. The molecule has 0 spiro atoms. The van der Waals surface area contributed by atoms with Crippen LogP contribution in [-0.2, 0) is 4.79 Å². The van der Waals surface area contributed by atoms with E-state index >= 15 is 0 Å². The van der Waals surface area contributed by atoms with Crippen molar-refractivity contribution >= 4 is 23.5 Å². The molecule has 0 amide bonds. The molecule has 0 unspecified atom stereocenters. The Morgan fingerprint density at radius 2 is 1.86 bits per heavy atom. The standard InChI is InChI=1S/C15H18O5S/c1-10(16)13-11(19-2)4-3-5-12(13)20-15(14(17)18)6-8-21-9-7-15/h3-5H,6-9H2,1-2H3,(H,17,18). The van der Waals surface area contributed by atoms with Gasteiger partial charge >= 0.3 is 5.97 Å². The van der Waals surface area contributed by atoms with Crippen molar-refractivity contribution in [2.75, 3.05) is 18.6 Å². The zero-order chi connectivity index (χ0) is 15.5. The number of hydrogen-bond donors (Lipinski definition) is 1. The van der Waals surface area contributed by atoms with Gasteiger partial charge in [0.05, 0.1) is 7.11 Å². The lowest BCUT2D eigenvalue weighted by Crippen LogP contribution is -2.47. The molecular formula is C15H18O5S. The molecule has 0 atom stereocenters. The van der Waals surface area contributed by atoms with Crippen LogP contribution >= 0.6 is 11.8 Å². The predicted octanol–water partition coefficient (Wildman–Crippen LogP) is 2.63. The van der Waals surface area contributed by atoms with E-state index in [1.54, 1.807) is 30.0 Å². The average Bonchev–Trinajstić information content (AvgIpc) is 2.47. The Bertz CT molecular complexity index is 549. The van der Waals surface area contributed by atoms with Crippen LogP contribution in [0.4, 0.5) is 0 Å². The maximum atomic E-state index is 11.9. The van der Waals surface area contributed by atoms with Gasteiger partial charge in [0.25, 0.3) is 0 Å². The molecule has 5 nitrogen and oxygen atoms in total. The minimum absolute atomic E-state index is 0.215. The first kappa shape index (κ1) is 15.7. The number of rotatable bonds is 5. The maximum Gasteiger partial charge on any atom is 0.348 e. The number of ketones is 1. The lowest BCUT2D eigenvalue weighted by atomic mass is 9.96. The summed E-state index contributed by atoms with van der Waals surface area (Å²) < 4.78 is 11.0. The Labute approximate surface area is 127 Å². The molecule has 114 valence electrons. The molecule has 2 rings (SSSR count). The first-order valence-corrected chi connectivity index (χ1v) is 7.84. The molecule has 1 aromatic rings. The minimum atomic E-state index is -1.26. The lowest BCUT2D eigenvalue weighted by Gasteiger charge is -2.34. The number of hydrogen-bond acceptors (Lipinski definition) is 5. The highest BCUT2D eigenvalue weighted by atomic mass is 32.2. The van der Waals surface area contributed by atoms with Crippen molar-refractivity contribution in [2.24, 2.45) is 0 Å². The van der Waals surface area contributed by atoms with Gasteiger partial charge in [-0.3, -0.25) is 4.79 Å². The van der Waals surface area contributed by atoms with Gasteiger partial charge in [0, 0.05) is 12.8 Å². The first-order chi connectivity index (χ1) is 10.00. The van der Waals surface area contributed by atoms with E-state index < -0.39 is 11.6 Å². The Morgan fingerprint density at radius 1 is 1.24 bits per heavy atom. The van der Waals surface area contributed by atoms with Crippen molar-refractivity contribution in [3.8, 4) is 11.5 Å². The van der Waals surface area contributed by atoms with Gasteiger partial charge in [-0.15, -0.1) is 0 Å². The Hall–Kier alpha value is -1.69. The molecule has 1 aromatic carbocycles. The van der Waals surface area contributed by atoms with E-state index in [1.807, 2.05) is 0 Å². The van der Waals surface area contributed by atoms with Crippen molar-refractivity contribution < 1.29 is 24.2 Å². The quantitative estimate of drug-likeness (QED) is 0.843. The number of thioether (sulfide) groups is 1. The molecule has 1 saturated heterocycles. The van der Waals surface area contributed by atoms with Gasteiger partial charge in [0.15, 0.2) is 5.78 Å². The molecule has 0 radical (unpaired) electrons. The van der Waals surface area contributed by atoms with Gasteiger partial charge in [0.1, 0.15) is 17.1 Å². The zero-order valence-corrected chi connectivity index (χ0v) is 12.9. The van der Waals surface area contributed by atoms with E-state index in [0.717, 1.165) is 11.5 Å². The van der Waals surface area contributed by atoms with Gasteiger partial charge in [-0.2, -0.15) is 11.8 Å². The van der Waals surface area contributed by atoms with Crippen LogP contribution in [0.1, 0.15) is 30.1 Å². The van der Waals surface area contributed by atoms with Gasteiger partial charge in [-0.1, -0.05) is 6.07 Å². The van der Waals surface area contributed by atoms with Crippen molar-refractivity contribution in [1.29, 1.82) is 0 Å². The van der Waals surface area contributed by atoms with Crippen LogP contribution in [0.15, 0.2) is 18.2 Å². The number of carbonyl (C=O) groups excluding carboxylic acids is 1. The summed E-state index contributed by atoms with van der Waals surface area (Å²) in [5.41, 5.74) is -0.971. The van der Waals surface area contributed by atoms with E-state index in [9.17, 15) is 14.7 Å². The van der Waals surface area contributed by atoms with E-state index in [1.165, 1.54) is 14.0 Å². The molecular weight excluding hydrogens is 292 g/mol. The van der Waals surface area contributed by atoms with Crippen LogP contribution in [-0.4, -0.2) is 41.1 Å². The summed E-state index contributed by atoms with van der Waals surface area (Å²) in [6.07, 6.45) is 0.836. The van der Waals surface area contributed by atoms with Gasteiger partial charge in [-0.05, 0) is 30.6 Å². The molecule has 1 aliphatic rings. The topological polar surface area (TPSA) is 72.8 Å². The molecule has 6 heteroatoms. The fourth-order valence-electron chi connectivity index (χ4n) is 2.38. The summed E-state index contributed by atoms with van der Waals surface area (Å²) >= 11 is 1.71. The van der Waals surface area contributed by atoms with Crippen LogP contribution < -0.4 is 9.47 Å². The number of Topliss-reactive ketones (excluding diaryl/α,β-unsaturated/α-hetero) is 1. The van der Waals surface area contributed by atoms with E-state index in [4.69, 9.17) is 9.47 Å². The average molecular weight is 310 g/mol. The van der Waals surface area contributed by atoms with Crippen molar-refractivity contribution in [2.45, 2.75) is 25.4 Å². The SMILES string of the molecule is COc1cccc(OC2(C(=O)O)CCSCC2)c1C(C)=O. The third-order valence-corrected chi connectivity index (χ3v) is 4.54. The third-order valence-electron chi connectivity index (χ3n) is 3.56. The second-order valence-corrected chi connectivity index (χ2v) is 6.13. The molecule has 0 aliphatic carbocycles. The minimum Gasteiger partial charge on any atom is -0.496 e. The molecule has 1 aliphatic heterocycles. The number of methoxy groups -OCH3 is 1. The highest BCUT2D eigenvalue weighted by Gasteiger charge is 2.43. The number of carboxylic acid groups (broad SMARTS) is 1. The lowest BCUT2D eigenvalue weighted by molar-refractivity contribution is -0.156. The van der Waals surface area contributed by atoms with Gasteiger partial charge < -0.3 is 14.6 Å². The summed E-state index contributed by atoms with van der Waals surface area (Å²) in [5, 5.41) is 9.56. The molecule has 21 heavy (non-hydrogen) atoms. The van der Waals surface area contributed by atoms with Gasteiger partial charge in [-0.25, -0.2) is 4.79 Å². The molecule has 1 N–H and O–H groups in total. The summed E-state index contributed by atoms with van der Waals surface area (Å²) in [4.78, 5) is 23.5. The predicted molar refractivity (Wildman–Crippen MR) is 80.6 cm³/mol. The largest absolute Gasteiger partial charge is 0.496 e. The van der Waals surface area contributed by atoms with Crippen LogP contribution in [0, 0.1) is 0 Å². The van der Waals surface area contributed by atoms with E-state index in [2.05, 4.69) is 0 Å². The Balaban J connectivity index is 2.41. The maximum absolute atomic E-state index is 11.9. The monoisotopic (exact) mass is 310 g/mol. The van der Waals surface area contributed by atoms with Crippen molar-refractivity contribution in [3.05, 3.63) is 23.8 Å². The number of aliphatic carboxylic acids is 1. The normalized spacial score (nSPS) is 17.0. The highest BCUT2D eigenvalue weighted by Crippen LogP contribution is 2.36. The van der Waals surface area contributed by atoms with Crippen molar-refractivity contribution in [3.63, 3.8) is 0 Å². The Morgan fingerprint density at radius 3 is 2.38 bits per heavy atom. The van der Waals surface area contributed by atoms with Crippen LogP contribution in [0.2, 0.25) is 0 Å². The fourth-order valence-corrected chi connectivity index (χ4v) is 3.54. The van der Waals surface area contributed by atoms with Crippen LogP contribution in [0.5, 0.6) is 11.5 Å². The fraction of sp³-hybridized carbons (Fsp3) is 0.467. The summed E-state index contributed by atoms with van der Waals surface area (Å²) in [7, 11) is 1.47. The number of carbonyl (C=O) groups is 2. The molecule has 1 heterocycles. The molecule has 0 bridgehead atoms. The molecule has 0 saturated carbocycles. The van der Waals surface area contributed by atoms with Crippen LogP contribution in [0.25, 0.3) is 0 Å². The highest BCUT2D eigenvalue weighted by molar-refractivity contribution is 7.99. The number of carboxylic acids is 1. The zero-order valence-electron chi connectivity index (χ0n) is 12.0. The second-order valence-electron chi connectivity index (χ2n) is 4.90. The van der Waals surface area contributed by atoms with E-state index in [0.29, 0.717) is 24.2 Å². The second kappa shape index (κ2) is 6.39. The number of ether oxygens (including phenoxy) is 2. The summed E-state index contributed by atoms with van der Waals surface area (Å²) in [6, 6.07) is 4.97. The molecule has 1 fully saturated rings. The number of benzene rings is 1. The molecule has 0 aromatic heterocycles. The van der Waals surface area contributed by atoms with Gasteiger partial charge in [0.2, 0.25) is 5.60 Å². The first-order valence-electron chi connectivity index (χ1n) is 6.68. The van der Waals surface area contributed by atoms with E-state index in [-0.39, 0.29) is 11.5 Å². The Kier molecular flexibility index (Phi) is 4.77. The summed E-state index contributed by atoms with van der Waals surface area (Å²) in [6.45, 7) is 1.41.